The lowest BCUT2D eigenvalue weighted by Gasteiger charge is -2.40. The Labute approximate surface area is 180 Å². The van der Waals surface area contributed by atoms with E-state index in [1.165, 1.54) is 56.5 Å². The second kappa shape index (κ2) is 14.4. The minimum Gasteiger partial charge on any atom is -0.379 e. The Balaban J connectivity index is 3.16. The van der Waals surface area contributed by atoms with Gasteiger partial charge >= 0.3 is 0 Å². The SMILES string of the molecule is CC(C)OCCCSCCCCCCCCCCCCCCCS(F)(F)(F)(F)F. The smallest absolute Gasteiger partial charge is 0.285 e. The molecule has 180 valence electrons. The second-order valence-corrected chi connectivity index (χ2v) is 12.2. The van der Waals surface area contributed by atoms with Gasteiger partial charge in [-0.05, 0) is 44.6 Å². The summed E-state index contributed by atoms with van der Waals surface area (Å²) in [6.07, 6.45) is 13.6. The molecular formula is C21H43F5OS2. The maximum atomic E-state index is 12.2. The van der Waals surface area contributed by atoms with Crippen LogP contribution in [0.5, 0.6) is 0 Å². The molecule has 29 heavy (non-hydrogen) atoms. The third kappa shape index (κ3) is 28.3. The van der Waals surface area contributed by atoms with Crippen LogP contribution in [0.1, 0.15) is 104 Å². The highest BCUT2D eigenvalue weighted by Gasteiger charge is 2.62. The van der Waals surface area contributed by atoms with Gasteiger partial charge in [-0.3, -0.25) is 0 Å². The van der Waals surface area contributed by atoms with Gasteiger partial charge in [-0.15, -0.1) is 0 Å². The van der Waals surface area contributed by atoms with E-state index in [0.717, 1.165) is 32.3 Å². The predicted molar refractivity (Wildman–Crippen MR) is 121 cm³/mol. The first-order valence-corrected chi connectivity index (χ1v) is 14.6. The zero-order valence-corrected chi connectivity index (χ0v) is 20.1. The van der Waals surface area contributed by atoms with Crippen LogP contribution in [0.4, 0.5) is 19.4 Å². The van der Waals surface area contributed by atoms with Gasteiger partial charge in [0.05, 0.1) is 11.9 Å². The van der Waals surface area contributed by atoms with Crippen molar-refractivity contribution in [3.05, 3.63) is 0 Å². The van der Waals surface area contributed by atoms with Gasteiger partial charge in [-0.25, -0.2) is 0 Å². The summed E-state index contributed by atoms with van der Waals surface area (Å²) in [5.41, 5.74) is 0. The van der Waals surface area contributed by atoms with E-state index in [0.29, 0.717) is 12.5 Å². The van der Waals surface area contributed by atoms with Gasteiger partial charge < -0.3 is 4.74 Å². The average Bonchev–Trinajstić information content (AvgIpc) is 2.57. The molecule has 0 spiro atoms. The fourth-order valence-electron chi connectivity index (χ4n) is 3.11. The number of rotatable bonds is 21. The van der Waals surface area contributed by atoms with E-state index in [9.17, 15) is 19.4 Å². The van der Waals surface area contributed by atoms with Gasteiger partial charge in [0.25, 0.3) is 10.2 Å². The molecule has 0 radical (unpaired) electrons. The molecule has 0 unspecified atom stereocenters. The minimum atomic E-state index is -9.17. The first kappa shape index (κ1) is 29.3. The van der Waals surface area contributed by atoms with Crippen molar-refractivity contribution < 1.29 is 24.2 Å². The van der Waals surface area contributed by atoms with Crippen molar-refractivity contribution in [2.24, 2.45) is 0 Å². The Hall–Kier alpha value is 0.310. The summed E-state index contributed by atoms with van der Waals surface area (Å²) in [5, 5.41) is 0. The summed E-state index contributed by atoms with van der Waals surface area (Å²) in [5.74, 6) is 0.526. The number of hydrogen-bond donors (Lipinski definition) is 0. The molecule has 0 saturated heterocycles. The molecule has 0 saturated carbocycles. The maximum Gasteiger partial charge on any atom is 0.285 e. The normalized spacial score (nSPS) is 14.9. The van der Waals surface area contributed by atoms with E-state index in [1.54, 1.807) is 0 Å². The third-order valence-corrected chi connectivity index (χ3v) is 6.92. The van der Waals surface area contributed by atoms with Crippen LogP contribution in [0, 0.1) is 0 Å². The summed E-state index contributed by atoms with van der Waals surface area (Å²) in [6, 6.07) is 0. The molecule has 0 rings (SSSR count). The topological polar surface area (TPSA) is 9.23 Å². The van der Waals surface area contributed by atoms with Gasteiger partial charge in [0, 0.05) is 6.61 Å². The summed E-state index contributed by atoms with van der Waals surface area (Å²) >= 11 is 2.02. The van der Waals surface area contributed by atoms with Crippen molar-refractivity contribution >= 4 is 22.0 Å². The molecule has 8 heteroatoms. The van der Waals surface area contributed by atoms with E-state index in [2.05, 4.69) is 13.8 Å². The Kier molecular flexibility index (Phi) is 14.5. The molecular weight excluding hydrogens is 427 g/mol. The molecule has 0 heterocycles. The van der Waals surface area contributed by atoms with Crippen molar-refractivity contribution in [2.45, 2.75) is 110 Å². The summed E-state index contributed by atoms with van der Waals surface area (Å²) in [4.78, 5) is 0. The standard InChI is InChI=1S/C21H43F5OS2/c1-21(2)27-17-16-19-28-18-14-12-10-8-6-4-3-5-7-9-11-13-15-20-29(22,23,24,25)26/h21H,3-20H2,1-2H3. The van der Waals surface area contributed by atoms with Crippen molar-refractivity contribution in [3.63, 3.8) is 0 Å². The molecule has 0 bridgehead atoms. The fourth-order valence-corrected chi connectivity index (χ4v) is 4.79. The highest BCUT2D eigenvalue weighted by molar-refractivity contribution is 8.45. The lowest BCUT2D eigenvalue weighted by molar-refractivity contribution is 0.0799. The van der Waals surface area contributed by atoms with Gasteiger partial charge in [-0.2, -0.15) is 11.8 Å². The molecule has 0 amide bonds. The Bertz CT molecular complexity index is 387. The van der Waals surface area contributed by atoms with Crippen LogP contribution in [0.15, 0.2) is 0 Å². The molecule has 0 aliphatic carbocycles. The highest BCUT2D eigenvalue weighted by atomic mass is 32.5. The van der Waals surface area contributed by atoms with Gasteiger partial charge in [-0.1, -0.05) is 90.1 Å². The van der Waals surface area contributed by atoms with Crippen LogP contribution in [-0.2, 0) is 4.74 Å². The number of unbranched alkanes of at least 4 members (excludes halogenated alkanes) is 12. The Morgan fingerprint density at radius 3 is 1.38 bits per heavy atom. The van der Waals surface area contributed by atoms with Crippen LogP contribution in [0.3, 0.4) is 0 Å². The third-order valence-electron chi connectivity index (χ3n) is 4.70. The van der Waals surface area contributed by atoms with Gasteiger partial charge in [0.1, 0.15) is 0 Å². The number of thioether (sulfide) groups is 1. The minimum absolute atomic E-state index is 0.246. The van der Waals surface area contributed by atoms with Crippen molar-refractivity contribution in [3.8, 4) is 0 Å². The van der Waals surface area contributed by atoms with Crippen LogP contribution < -0.4 is 0 Å². The van der Waals surface area contributed by atoms with Crippen LogP contribution in [0.25, 0.3) is 0 Å². The second-order valence-electron chi connectivity index (χ2n) is 8.31. The molecule has 0 aliphatic heterocycles. The Morgan fingerprint density at radius 1 is 0.586 bits per heavy atom. The van der Waals surface area contributed by atoms with E-state index >= 15 is 0 Å². The predicted octanol–water partition coefficient (Wildman–Crippen LogP) is 9.90. The maximum absolute atomic E-state index is 12.2. The van der Waals surface area contributed by atoms with Crippen molar-refractivity contribution in [1.29, 1.82) is 0 Å². The first-order valence-electron chi connectivity index (χ1n) is 11.3. The lowest BCUT2D eigenvalue weighted by Crippen LogP contribution is -2.10. The van der Waals surface area contributed by atoms with Crippen molar-refractivity contribution in [1.82, 2.24) is 0 Å². The van der Waals surface area contributed by atoms with Crippen molar-refractivity contribution in [2.75, 3.05) is 23.9 Å². The number of ether oxygens (including phenoxy) is 1. The number of hydrogen-bond acceptors (Lipinski definition) is 2. The van der Waals surface area contributed by atoms with E-state index < -0.39 is 22.4 Å². The summed E-state index contributed by atoms with van der Waals surface area (Å²) in [6.45, 7) is 4.99. The van der Waals surface area contributed by atoms with Gasteiger partial charge in [0.2, 0.25) is 0 Å². The summed E-state index contributed by atoms with van der Waals surface area (Å²) < 4.78 is 66.3. The number of halogens is 5. The van der Waals surface area contributed by atoms with E-state index in [1.807, 2.05) is 11.8 Å². The molecule has 0 aromatic rings. The van der Waals surface area contributed by atoms with Crippen LogP contribution in [0.2, 0.25) is 0 Å². The molecule has 1 nitrogen and oxygen atoms in total. The van der Waals surface area contributed by atoms with Crippen LogP contribution in [-0.4, -0.2) is 30.0 Å². The average molecular weight is 471 g/mol. The zero-order chi connectivity index (χ0) is 22.1. The van der Waals surface area contributed by atoms with Gasteiger partial charge in [0.15, 0.2) is 0 Å². The molecule has 0 N–H and O–H groups in total. The quantitative estimate of drug-likeness (QED) is 0.122. The lowest BCUT2D eigenvalue weighted by atomic mass is 10.0. The molecule has 0 fully saturated rings. The monoisotopic (exact) mass is 470 g/mol. The molecule has 0 aromatic carbocycles. The largest absolute Gasteiger partial charge is 0.379 e. The zero-order valence-electron chi connectivity index (χ0n) is 18.4. The molecule has 0 atom stereocenters. The fraction of sp³-hybridized carbons (Fsp3) is 1.00. The molecule has 0 aliphatic rings. The van der Waals surface area contributed by atoms with E-state index in [-0.39, 0.29) is 6.42 Å². The van der Waals surface area contributed by atoms with Crippen LogP contribution >= 0.6 is 22.0 Å². The summed E-state index contributed by atoms with van der Waals surface area (Å²) in [7, 11) is -9.17. The first-order chi connectivity index (χ1) is 13.4. The Morgan fingerprint density at radius 2 is 0.966 bits per heavy atom. The molecule has 0 aromatic heterocycles. The highest BCUT2D eigenvalue weighted by Crippen LogP contribution is 2.97. The van der Waals surface area contributed by atoms with E-state index in [4.69, 9.17) is 4.74 Å².